The van der Waals surface area contributed by atoms with E-state index in [1.807, 2.05) is 19.2 Å². The quantitative estimate of drug-likeness (QED) is 0.637. The molecule has 140 valence electrons. The van der Waals surface area contributed by atoms with Crippen molar-refractivity contribution in [1.82, 2.24) is 15.0 Å². The smallest absolute Gasteiger partial charge is 0.250 e. The van der Waals surface area contributed by atoms with Crippen LogP contribution in [0.5, 0.6) is 0 Å². The Hall–Kier alpha value is -2.64. The van der Waals surface area contributed by atoms with Crippen LogP contribution in [0, 0.1) is 6.92 Å². The van der Waals surface area contributed by atoms with E-state index in [1.165, 1.54) is 0 Å². The van der Waals surface area contributed by atoms with Crippen molar-refractivity contribution in [1.29, 1.82) is 0 Å². The van der Waals surface area contributed by atoms with Gasteiger partial charge in [-0.3, -0.25) is 4.79 Å². The normalized spacial score (nSPS) is 19.7. The summed E-state index contributed by atoms with van der Waals surface area (Å²) in [7, 11) is 0. The number of aryl methyl sites for hydroxylation is 1. The minimum Gasteiger partial charge on any atom is -0.366 e. The monoisotopic (exact) mass is 384 g/mol. The molecule has 8 heteroatoms. The topological polar surface area (TPSA) is 114 Å². The summed E-state index contributed by atoms with van der Waals surface area (Å²) >= 11 is 6.39. The molecule has 0 spiro atoms. The maximum absolute atomic E-state index is 11.5. The van der Waals surface area contributed by atoms with Crippen LogP contribution >= 0.6 is 11.6 Å². The number of primary amides is 1. The minimum atomic E-state index is -0.535. The number of benzene rings is 1. The molecule has 1 amide bonds. The zero-order valence-electron chi connectivity index (χ0n) is 15.0. The number of aromatic nitrogens is 3. The Morgan fingerprint density at radius 3 is 3.00 bits per heavy atom. The lowest BCUT2D eigenvalue weighted by atomic mass is 9.90. The van der Waals surface area contributed by atoms with Gasteiger partial charge in [0.05, 0.1) is 16.0 Å². The van der Waals surface area contributed by atoms with E-state index in [-0.39, 0.29) is 0 Å². The van der Waals surface area contributed by atoms with Crippen molar-refractivity contribution in [3.05, 3.63) is 52.4 Å². The van der Waals surface area contributed by atoms with E-state index in [0.717, 1.165) is 40.9 Å². The first-order valence-corrected chi connectivity index (χ1v) is 9.15. The number of nitrogens with zero attached hydrogens (tertiary/aromatic N) is 3. The molecule has 4 rings (SSSR count). The van der Waals surface area contributed by atoms with Gasteiger partial charge >= 0.3 is 0 Å². The van der Waals surface area contributed by atoms with E-state index in [4.69, 9.17) is 23.1 Å². The van der Waals surface area contributed by atoms with E-state index in [2.05, 4.69) is 19.9 Å². The second kappa shape index (κ2) is 6.51. The first-order valence-electron chi connectivity index (χ1n) is 8.78. The lowest BCUT2D eigenvalue weighted by Crippen LogP contribution is -2.45. The predicted molar refractivity (Wildman–Crippen MR) is 106 cm³/mol. The number of amides is 1. The number of fused-ring (bicyclic) bond motifs is 1. The van der Waals surface area contributed by atoms with Gasteiger partial charge in [0.15, 0.2) is 0 Å². The number of aromatic amines is 1. The fourth-order valence-electron chi connectivity index (χ4n) is 3.84. The molecular weight excluding hydrogens is 364 g/mol. The third-order valence-corrected chi connectivity index (χ3v) is 5.66. The Bertz CT molecular complexity index is 1030. The molecular formula is C19H21ClN6O. The highest BCUT2D eigenvalue weighted by molar-refractivity contribution is 6.34. The largest absolute Gasteiger partial charge is 0.366 e. The Morgan fingerprint density at radius 2 is 2.22 bits per heavy atom. The Labute approximate surface area is 161 Å². The molecule has 0 saturated carbocycles. The maximum Gasteiger partial charge on any atom is 0.250 e. The molecule has 3 heterocycles. The van der Waals surface area contributed by atoms with Gasteiger partial charge < -0.3 is 21.4 Å². The molecule has 27 heavy (non-hydrogen) atoms. The summed E-state index contributed by atoms with van der Waals surface area (Å²) < 4.78 is 0. The molecule has 1 saturated heterocycles. The fourth-order valence-corrected chi connectivity index (χ4v) is 4.13. The summed E-state index contributed by atoms with van der Waals surface area (Å²) in [6.45, 7) is 3.47. The average molecular weight is 385 g/mol. The highest BCUT2D eigenvalue weighted by Crippen LogP contribution is 2.33. The Kier molecular flexibility index (Phi) is 4.28. The SMILES string of the molecule is Cc1c[nH]c2ncnc(N3CC[C@@](N)(Cc4cccc(C(N)=O)c4Cl)C3)c12. The second-order valence-electron chi connectivity index (χ2n) is 7.25. The van der Waals surface area contributed by atoms with Crippen molar-refractivity contribution < 1.29 is 4.79 Å². The fraction of sp³-hybridized carbons (Fsp3) is 0.316. The number of nitrogens with two attached hydrogens (primary N) is 2. The first-order chi connectivity index (χ1) is 12.9. The highest BCUT2D eigenvalue weighted by atomic mass is 35.5. The van der Waals surface area contributed by atoms with E-state index in [0.29, 0.717) is 23.6 Å². The van der Waals surface area contributed by atoms with Crippen LogP contribution in [0.25, 0.3) is 11.0 Å². The van der Waals surface area contributed by atoms with Crippen LogP contribution in [-0.4, -0.2) is 39.5 Å². The first kappa shape index (κ1) is 17.8. The van der Waals surface area contributed by atoms with Crippen LogP contribution in [-0.2, 0) is 6.42 Å². The van der Waals surface area contributed by atoms with Crippen molar-refractivity contribution in [3.63, 3.8) is 0 Å². The van der Waals surface area contributed by atoms with Crippen LogP contribution in [0.2, 0.25) is 5.02 Å². The summed E-state index contributed by atoms with van der Waals surface area (Å²) in [6.07, 6.45) is 4.85. The third-order valence-electron chi connectivity index (χ3n) is 5.22. The molecule has 0 unspecified atom stereocenters. The molecule has 2 aromatic heterocycles. The van der Waals surface area contributed by atoms with Gasteiger partial charge in [-0.15, -0.1) is 0 Å². The summed E-state index contributed by atoms with van der Waals surface area (Å²) in [6, 6.07) is 5.31. The van der Waals surface area contributed by atoms with Gasteiger partial charge in [0.2, 0.25) is 5.91 Å². The van der Waals surface area contributed by atoms with Crippen molar-refractivity contribution >= 4 is 34.4 Å². The van der Waals surface area contributed by atoms with Crippen molar-refractivity contribution in [2.45, 2.75) is 25.3 Å². The Morgan fingerprint density at radius 1 is 1.41 bits per heavy atom. The number of carbonyl (C=O) groups excluding carboxylic acids is 1. The zero-order chi connectivity index (χ0) is 19.2. The summed E-state index contributed by atoms with van der Waals surface area (Å²) in [5, 5.41) is 1.41. The molecule has 3 aromatic rings. The Balaban J connectivity index is 1.61. The number of nitrogens with one attached hydrogen (secondary N) is 1. The number of halogens is 1. The summed E-state index contributed by atoms with van der Waals surface area (Å²) in [5.41, 5.74) is 14.7. The molecule has 1 aromatic carbocycles. The van der Waals surface area contributed by atoms with Gasteiger partial charge in [0.25, 0.3) is 0 Å². The number of anilines is 1. The minimum absolute atomic E-state index is 0.327. The number of hydrogen-bond acceptors (Lipinski definition) is 5. The third kappa shape index (κ3) is 3.13. The van der Waals surface area contributed by atoms with Crippen LogP contribution in [0.3, 0.4) is 0 Å². The molecule has 0 bridgehead atoms. The molecule has 0 aliphatic carbocycles. The van der Waals surface area contributed by atoms with Gasteiger partial charge in [-0.05, 0) is 37.0 Å². The number of H-pyrrole nitrogens is 1. The number of carbonyl (C=O) groups is 1. The standard InChI is InChI=1S/C19H21ClN6O/c1-11-8-23-17-14(11)18(25-10-24-17)26-6-5-19(22,9-26)7-12-3-2-4-13(15(12)20)16(21)27/h2-4,8,10H,5-7,9,22H2,1H3,(H2,21,27)(H,23,24,25)/t19-/m1/s1. The zero-order valence-corrected chi connectivity index (χ0v) is 15.8. The van der Waals surface area contributed by atoms with Crippen molar-refractivity contribution in [2.24, 2.45) is 11.5 Å². The lowest BCUT2D eigenvalue weighted by molar-refractivity contribution is 0.100. The summed E-state index contributed by atoms with van der Waals surface area (Å²) in [4.78, 5) is 25.7. The van der Waals surface area contributed by atoms with E-state index < -0.39 is 11.4 Å². The van der Waals surface area contributed by atoms with E-state index >= 15 is 0 Å². The van der Waals surface area contributed by atoms with Crippen LogP contribution in [0.1, 0.15) is 27.9 Å². The molecule has 1 fully saturated rings. The van der Waals surface area contributed by atoms with Crippen LogP contribution in [0.15, 0.2) is 30.7 Å². The average Bonchev–Trinajstić information content (AvgIpc) is 3.20. The van der Waals surface area contributed by atoms with Crippen molar-refractivity contribution in [2.75, 3.05) is 18.0 Å². The highest BCUT2D eigenvalue weighted by Gasteiger charge is 2.36. The number of hydrogen-bond donors (Lipinski definition) is 3. The molecule has 1 atom stereocenters. The predicted octanol–water partition coefficient (Wildman–Crippen LogP) is 2.17. The van der Waals surface area contributed by atoms with Gasteiger partial charge in [-0.25, -0.2) is 9.97 Å². The van der Waals surface area contributed by atoms with Gasteiger partial charge in [-0.1, -0.05) is 23.7 Å². The molecule has 7 nitrogen and oxygen atoms in total. The van der Waals surface area contributed by atoms with Gasteiger partial charge in [0.1, 0.15) is 17.8 Å². The second-order valence-corrected chi connectivity index (χ2v) is 7.62. The number of rotatable bonds is 4. The van der Waals surface area contributed by atoms with Crippen LogP contribution in [0.4, 0.5) is 5.82 Å². The summed E-state index contributed by atoms with van der Waals surface area (Å²) in [5.74, 6) is 0.357. The van der Waals surface area contributed by atoms with E-state index in [1.54, 1.807) is 18.5 Å². The van der Waals surface area contributed by atoms with E-state index in [9.17, 15) is 4.79 Å². The van der Waals surface area contributed by atoms with Gasteiger partial charge in [-0.2, -0.15) is 0 Å². The molecule has 1 aliphatic rings. The van der Waals surface area contributed by atoms with Crippen LogP contribution < -0.4 is 16.4 Å². The van der Waals surface area contributed by atoms with Crippen molar-refractivity contribution in [3.8, 4) is 0 Å². The molecule has 0 radical (unpaired) electrons. The van der Waals surface area contributed by atoms with Gasteiger partial charge in [0, 0.05) is 24.8 Å². The lowest BCUT2D eigenvalue weighted by Gasteiger charge is -2.26. The molecule has 1 aliphatic heterocycles. The molecule has 5 N–H and O–H groups in total. The maximum atomic E-state index is 11.5.